The predicted octanol–water partition coefficient (Wildman–Crippen LogP) is 2.46. The molecule has 0 saturated heterocycles. The molecule has 1 aliphatic rings. The number of hydrogen-bond donors (Lipinski definition) is 2. The fourth-order valence-electron chi connectivity index (χ4n) is 4.07. The van der Waals surface area contributed by atoms with Crippen molar-refractivity contribution >= 4 is 17.7 Å². The molecular formula is C22H34N5OS+. The van der Waals surface area contributed by atoms with Gasteiger partial charge in [0, 0.05) is 12.5 Å². The Balaban J connectivity index is 1.72. The lowest BCUT2D eigenvalue weighted by Gasteiger charge is -2.22. The summed E-state index contributed by atoms with van der Waals surface area (Å²) < 4.78 is 2.19. The van der Waals surface area contributed by atoms with Crippen molar-refractivity contribution in [3.8, 4) is 0 Å². The van der Waals surface area contributed by atoms with Crippen LogP contribution in [-0.2, 0) is 11.3 Å². The normalized spacial score (nSPS) is 16.1. The first kappa shape index (κ1) is 21.8. The molecule has 1 atom stereocenters. The number of benzene rings is 1. The molecule has 29 heavy (non-hydrogen) atoms. The first-order chi connectivity index (χ1) is 14.1. The summed E-state index contributed by atoms with van der Waals surface area (Å²) in [5, 5.41) is 13.0. The summed E-state index contributed by atoms with van der Waals surface area (Å²) in [4.78, 5) is 13.8. The van der Waals surface area contributed by atoms with Crippen LogP contribution < -0.4 is 10.2 Å². The summed E-state index contributed by atoms with van der Waals surface area (Å²) in [6, 6.07) is 11.0. The van der Waals surface area contributed by atoms with Crippen LogP contribution in [0.15, 0.2) is 35.5 Å². The van der Waals surface area contributed by atoms with Crippen LogP contribution in [0.1, 0.15) is 62.9 Å². The fourth-order valence-corrected chi connectivity index (χ4v) is 4.83. The summed E-state index contributed by atoms with van der Waals surface area (Å²) >= 11 is 1.49. The van der Waals surface area contributed by atoms with Gasteiger partial charge >= 0.3 is 0 Å². The van der Waals surface area contributed by atoms with Crippen LogP contribution in [0.2, 0.25) is 0 Å². The van der Waals surface area contributed by atoms with Crippen LogP contribution in [0.5, 0.6) is 0 Å². The summed E-state index contributed by atoms with van der Waals surface area (Å²) in [7, 11) is 4.31. The molecule has 1 aliphatic carbocycles. The van der Waals surface area contributed by atoms with Gasteiger partial charge in [-0.1, -0.05) is 68.3 Å². The second-order valence-corrected chi connectivity index (χ2v) is 9.08. The smallest absolute Gasteiger partial charge is 0.230 e. The van der Waals surface area contributed by atoms with Crippen molar-refractivity contribution in [2.75, 3.05) is 19.8 Å². The van der Waals surface area contributed by atoms with Crippen LogP contribution in [0, 0.1) is 0 Å². The molecule has 0 bridgehead atoms. The van der Waals surface area contributed by atoms with Crippen molar-refractivity contribution in [2.45, 2.75) is 69.2 Å². The molecular weight excluding hydrogens is 382 g/mol. The number of quaternary nitrogens is 1. The van der Waals surface area contributed by atoms with E-state index in [0.29, 0.717) is 11.8 Å². The molecule has 0 spiro atoms. The van der Waals surface area contributed by atoms with Crippen molar-refractivity contribution < 1.29 is 9.69 Å². The minimum Gasteiger partial charge on any atom is -0.353 e. The quantitative estimate of drug-likeness (QED) is 0.617. The van der Waals surface area contributed by atoms with Gasteiger partial charge in [0.05, 0.1) is 26.4 Å². The van der Waals surface area contributed by atoms with Gasteiger partial charge in [0.25, 0.3) is 0 Å². The van der Waals surface area contributed by atoms with E-state index >= 15 is 0 Å². The van der Waals surface area contributed by atoms with Crippen molar-refractivity contribution in [3.05, 3.63) is 41.7 Å². The van der Waals surface area contributed by atoms with Crippen molar-refractivity contribution in [1.29, 1.82) is 0 Å². The summed E-state index contributed by atoms with van der Waals surface area (Å²) in [6.07, 6.45) is 6.93. The van der Waals surface area contributed by atoms with E-state index in [0.717, 1.165) is 36.8 Å². The molecule has 6 nitrogen and oxygen atoms in total. The predicted molar refractivity (Wildman–Crippen MR) is 117 cm³/mol. The number of thioether (sulfide) groups is 1. The van der Waals surface area contributed by atoms with Crippen molar-refractivity contribution in [3.63, 3.8) is 0 Å². The zero-order valence-corrected chi connectivity index (χ0v) is 18.7. The second-order valence-electron chi connectivity index (χ2n) is 8.14. The van der Waals surface area contributed by atoms with Crippen LogP contribution in [0.3, 0.4) is 0 Å². The SMILES string of the molecule is CC[C@H](c1nnc(SCC(=O)NC2CCCCC2)n1Cc1ccccc1)[NH+](C)C. The molecule has 1 amide bonds. The maximum absolute atomic E-state index is 12.5. The van der Waals surface area contributed by atoms with E-state index < -0.39 is 0 Å². The molecule has 1 fully saturated rings. The van der Waals surface area contributed by atoms with Gasteiger partial charge in [0.1, 0.15) is 6.04 Å². The molecule has 1 saturated carbocycles. The summed E-state index contributed by atoms with van der Waals surface area (Å²) in [5.74, 6) is 1.48. The fraction of sp³-hybridized carbons (Fsp3) is 0.591. The van der Waals surface area contributed by atoms with E-state index in [1.54, 1.807) is 0 Å². The Hall–Kier alpha value is -1.86. The molecule has 158 valence electrons. The topological polar surface area (TPSA) is 64.2 Å². The number of nitrogens with zero attached hydrogens (tertiary/aromatic N) is 3. The van der Waals surface area contributed by atoms with E-state index in [1.807, 2.05) is 6.07 Å². The lowest BCUT2D eigenvalue weighted by molar-refractivity contribution is -0.893. The van der Waals surface area contributed by atoms with Crippen LogP contribution in [0.4, 0.5) is 0 Å². The first-order valence-corrected chi connectivity index (χ1v) is 11.8. The largest absolute Gasteiger partial charge is 0.353 e. The molecule has 1 heterocycles. The van der Waals surface area contributed by atoms with Gasteiger partial charge < -0.3 is 10.2 Å². The maximum atomic E-state index is 12.5. The zero-order chi connectivity index (χ0) is 20.6. The van der Waals surface area contributed by atoms with E-state index in [1.165, 1.54) is 41.5 Å². The molecule has 0 aliphatic heterocycles. The summed E-state index contributed by atoms with van der Waals surface area (Å²) in [5.41, 5.74) is 1.21. The molecule has 2 N–H and O–H groups in total. The number of carbonyl (C=O) groups excluding carboxylic acids is 1. The molecule has 7 heteroatoms. The van der Waals surface area contributed by atoms with Gasteiger partial charge in [-0.25, -0.2) is 0 Å². The van der Waals surface area contributed by atoms with E-state index in [-0.39, 0.29) is 11.9 Å². The van der Waals surface area contributed by atoms with E-state index in [9.17, 15) is 4.79 Å². The monoisotopic (exact) mass is 416 g/mol. The Labute approximate surface area is 178 Å². The van der Waals surface area contributed by atoms with E-state index in [2.05, 4.69) is 65.4 Å². The Morgan fingerprint density at radius 1 is 1.21 bits per heavy atom. The molecule has 2 aromatic rings. The van der Waals surface area contributed by atoms with Gasteiger partial charge in [0.15, 0.2) is 11.0 Å². The van der Waals surface area contributed by atoms with Crippen molar-refractivity contribution in [2.24, 2.45) is 0 Å². The standard InChI is InChI=1S/C22H33N5OS/c1-4-19(26(2)3)21-24-25-22(27(21)15-17-11-7-5-8-12-17)29-16-20(28)23-18-13-9-6-10-14-18/h5,7-8,11-12,18-19H,4,6,9-10,13-16H2,1-3H3,(H,23,28)/p+1/t19-/m1/s1. The Kier molecular flexibility index (Phi) is 8.12. The third kappa shape index (κ3) is 6.06. The number of nitrogens with one attached hydrogen (secondary N) is 2. The average molecular weight is 417 g/mol. The number of aromatic nitrogens is 3. The molecule has 0 radical (unpaired) electrons. The van der Waals surface area contributed by atoms with Gasteiger partial charge in [-0.05, 0) is 18.4 Å². The van der Waals surface area contributed by atoms with Gasteiger partial charge in [0.2, 0.25) is 5.91 Å². The molecule has 0 unspecified atom stereocenters. The number of rotatable bonds is 9. The Morgan fingerprint density at radius 2 is 1.93 bits per heavy atom. The van der Waals surface area contributed by atoms with Crippen LogP contribution in [-0.4, -0.2) is 46.6 Å². The van der Waals surface area contributed by atoms with Gasteiger partial charge in [-0.2, -0.15) is 0 Å². The minimum atomic E-state index is 0.1000. The average Bonchev–Trinajstić information content (AvgIpc) is 3.10. The highest BCUT2D eigenvalue weighted by molar-refractivity contribution is 7.99. The third-order valence-electron chi connectivity index (χ3n) is 5.65. The van der Waals surface area contributed by atoms with E-state index in [4.69, 9.17) is 0 Å². The molecule has 1 aromatic carbocycles. The molecule has 1 aromatic heterocycles. The number of carbonyl (C=O) groups is 1. The lowest BCUT2D eigenvalue weighted by atomic mass is 9.95. The lowest BCUT2D eigenvalue weighted by Crippen LogP contribution is -3.06. The molecule has 3 rings (SSSR count). The highest BCUT2D eigenvalue weighted by Crippen LogP contribution is 2.23. The Bertz CT molecular complexity index is 771. The van der Waals surface area contributed by atoms with Crippen molar-refractivity contribution in [1.82, 2.24) is 20.1 Å². The third-order valence-corrected chi connectivity index (χ3v) is 6.62. The van der Waals surface area contributed by atoms with Gasteiger partial charge in [-0.3, -0.25) is 9.36 Å². The summed E-state index contributed by atoms with van der Waals surface area (Å²) in [6.45, 7) is 2.91. The highest BCUT2D eigenvalue weighted by atomic mass is 32.2. The first-order valence-electron chi connectivity index (χ1n) is 10.8. The highest BCUT2D eigenvalue weighted by Gasteiger charge is 2.25. The maximum Gasteiger partial charge on any atom is 0.230 e. The van der Waals surface area contributed by atoms with Crippen LogP contribution >= 0.6 is 11.8 Å². The second kappa shape index (κ2) is 10.8. The van der Waals surface area contributed by atoms with Gasteiger partial charge in [-0.15, -0.1) is 10.2 Å². The minimum absolute atomic E-state index is 0.1000. The number of amides is 1. The van der Waals surface area contributed by atoms with Crippen LogP contribution in [0.25, 0.3) is 0 Å². The zero-order valence-electron chi connectivity index (χ0n) is 17.9. The number of hydrogen-bond acceptors (Lipinski definition) is 4. The Morgan fingerprint density at radius 3 is 2.59 bits per heavy atom.